The van der Waals surface area contributed by atoms with E-state index in [1.165, 1.54) is 19.1 Å². The Morgan fingerprint density at radius 2 is 1.68 bits per heavy atom. The van der Waals surface area contributed by atoms with Crippen LogP contribution in [0.3, 0.4) is 0 Å². The molecule has 3 aromatic rings. The molecule has 3 aliphatic rings. The number of nitrogens with zero attached hydrogens (tertiary/aromatic N) is 1. The Morgan fingerprint density at radius 1 is 1.02 bits per heavy atom. The first-order chi connectivity index (χ1) is 19.5. The van der Waals surface area contributed by atoms with E-state index in [2.05, 4.69) is 10.3 Å². The number of pyridine rings is 1. The van der Waals surface area contributed by atoms with Crippen molar-refractivity contribution in [2.45, 2.75) is 62.5 Å². The van der Waals surface area contributed by atoms with E-state index >= 15 is 0 Å². The Balaban J connectivity index is 1.26. The summed E-state index contributed by atoms with van der Waals surface area (Å²) in [5, 5.41) is 14.0. The van der Waals surface area contributed by atoms with E-state index in [1.807, 2.05) is 0 Å². The predicted octanol–water partition coefficient (Wildman–Crippen LogP) is 5.65. The van der Waals surface area contributed by atoms with Crippen molar-refractivity contribution in [2.24, 2.45) is 0 Å². The van der Waals surface area contributed by atoms with Crippen LogP contribution in [-0.2, 0) is 5.60 Å². The molecule has 1 amide bonds. The van der Waals surface area contributed by atoms with Gasteiger partial charge in [-0.25, -0.2) is 9.37 Å². The Bertz CT molecular complexity index is 1470. The summed E-state index contributed by atoms with van der Waals surface area (Å²) >= 11 is 0. The number of aliphatic hydroxyl groups is 1. The number of rotatable bonds is 9. The van der Waals surface area contributed by atoms with Gasteiger partial charge >= 0.3 is 6.18 Å². The zero-order chi connectivity index (χ0) is 28.9. The second-order valence-electron chi connectivity index (χ2n) is 10.9. The third-order valence-electron chi connectivity index (χ3n) is 7.27. The molecule has 7 nitrogen and oxygen atoms in total. The zero-order valence-corrected chi connectivity index (χ0v) is 22.1. The van der Waals surface area contributed by atoms with Crippen molar-refractivity contribution in [1.29, 1.82) is 0 Å². The van der Waals surface area contributed by atoms with Crippen LogP contribution in [0.2, 0.25) is 0 Å². The van der Waals surface area contributed by atoms with Gasteiger partial charge in [0.25, 0.3) is 5.91 Å². The Hall–Kier alpha value is -3.86. The summed E-state index contributed by atoms with van der Waals surface area (Å²) in [6.07, 6.45) is -0.577. The van der Waals surface area contributed by atoms with Gasteiger partial charge in [0.05, 0.1) is 24.4 Å². The van der Waals surface area contributed by atoms with Crippen LogP contribution in [-0.4, -0.2) is 47.5 Å². The largest absolute Gasteiger partial charge is 0.490 e. The topological polar surface area (TPSA) is 89.9 Å². The van der Waals surface area contributed by atoms with Crippen LogP contribution in [0.25, 0.3) is 11.3 Å². The summed E-state index contributed by atoms with van der Waals surface area (Å²) in [6, 6.07) is 11.1. The number of halogens is 4. The first-order valence-electron chi connectivity index (χ1n) is 13.5. The summed E-state index contributed by atoms with van der Waals surface area (Å²) in [5.41, 5.74) is -1.49. The number of nitrogens with one attached hydrogen (secondary N) is 1. The monoisotopic (exact) mass is 572 g/mol. The van der Waals surface area contributed by atoms with Crippen LogP contribution in [0, 0.1) is 5.82 Å². The molecule has 1 aromatic heterocycles. The Kier molecular flexibility index (Phi) is 6.80. The minimum Gasteiger partial charge on any atom is -0.490 e. The molecular weight excluding hydrogens is 544 g/mol. The average Bonchev–Trinajstić information content (AvgIpc) is 3.86. The van der Waals surface area contributed by atoms with Gasteiger partial charge in [0.2, 0.25) is 0 Å². The van der Waals surface area contributed by atoms with Crippen LogP contribution >= 0.6 is 0 Å². The molecule has 216 valence electrons. The van der Waals surface area contributed by atoms with E-state index in [1.54, 1.807) is 18.2 Å². The fourth-order valence-electron chi connectivity index (χ4n) is 4.58. The van der Waals surface area contributed by atoms with Crippen molar-refractivity contribution in [3.8, 4) is 28.5 Å². The molecule has 0 spiro atoms. The first-order valence-corrected chi connectivity index (χ1v) is 13.5. The molecule has 41 heavy (non-hydrogen) atoms. The number of aromatic nitrogens is 1. The van der Waals surface area contributed by atoms with Crippen molar-refractivity contribution in [3.05, 3.63) is 71.2 Å². The van der Waals surface area contributed by atoms with Gasteiger partial charge in [0, 0.05) is 16.7 Å². The van der Waals surface area contributed by atoms with Gasteiger partial charge in [-0.3, -0.25) is 4.79 Å². The molecule has 0 radical (unpaired) electrons. The number of hydrogen-bond donors (Lipinski definition) is 2. The number of ether oxygens (including phenoxy) is 3. The molecule has 2 aromatic carbocycles. The van der Waals surface area contributed by atoms with Crippen LogP contribution in [0.5, 0.6) is 17.2 Å². The number of carbonyl (C=O) groups is 1. The average molecular weight is 573 g/mol. The van der Waals surface area contributed by atoms with Crippen LogP contribution in [0.4, 0.5) is 17.6 Å². The number of alkyl halides is 3. The summed E-state index contributed by atoms with van der Waals surface area (Å²) in [4.78, 5) is 17.5. The maximum absolute atomic E-state index is 13.8. The highest BCUT2D eigenvalue weighted by molar-refractivity contribution is 5.95. The van der Waals surface area contributed by atoms with Gasteiger partial charge in [0.1, 0.15) is 35.4 Å². The van der Waals surface area contributed by atoms with E-state index in [4.69, 9.17) is 14.2 Å². The minimum atomic E-state index is -4.60. The van der Waals surface area contributed by atoms with E-state index < -0.39 is 36.0 Å². The van der Waals surface area contributed by atoms with Crippen molar-refractivity contribution >= 4 is 5.91 Å². The van der Waals surface area contributed by atoms with Crippen molar-refractivity contribution in [2.75, 3.05) is 13.2 Å². The highest BCUT2D eigenvalue weighted by Crippen LogP contribution is 2.48. The lowest BCUT2D eigenvalue weighted by Crippen LogP contribution is -2.39. The van der Waals surface area contributed by atoms with Crippen molar-refractivity contribution in [1.82, 2.24) is 10.3 Å². The highest BCUT2D eigenvalue weighted by Gasteiger charge is 2.47. The number of carbonyl (C=O) groups excluding carboxylic acids is 1. The third-order valence-corrected chi connectivity index (χ3v) is 7.27. The molecule has 11 heteroatoms. The number of fused-ring (bicyclic) bond motifs is 1. The van der Waals surface area contributed by atoms with Gasteiger partial charge in [-0.1, -0.05) is 0 Å². The Morgan fingerprint density at radius 3 is 2.32 bits per heavy atom. The third kappa shape index (κ3) is 5.95. The summed E-state index contributed by atoms with van der Waals surface area (Å²) in [5.74, 6) is -1.99. The minimum absolute atomic E-state index is 0.0453. The van der Waals surface area contributed by atoms with E-state index in [-0.39, 0.29) is 47.0 Å². The van der Waals surface area contributed by atoms with Gasteiger partial charge in [-0.05, 0) is 81.1 Å². The molecule has 1 unspecified atom stereocenters. The molecule has 0 saturated heterocycles. The Labute approximate surface area is 233 Å². The smallest absolute Gasteiger partial charge is 0.399 e. The van der Waals surface area contributed by atoms with Crippen LogP contribution in [0.1, 0.15) is 60.1 Å². The SMILES string of the molecule is CC(O)(CNC(=O)c1ccc(OC2CC2)c(OC2CC2)c1)c1cc2c(c(-c3ccc(F)cc3)n1)OC[C@H]2C(F)(F)F. The summed E-state index contributed by atoms with van der Waals surface area (Å²) < 4.78 is 72.3. The van der Waals surface area contributed by atoms with E-state index in [0.29, 0.717) is 17.1 Å². The van der Waals surface area contributed by atoms with Crippen molar-refractivity contribution in [3.63, 3.8) is 0 Å². The fraction of sp³-hybridized carbons (Fsp3) is 0.400. The number of hydrogen-bond acceptors (Lipinski definition) is 6. The second-order valence-corrected chi connectivity index (χ2v) is 10.9. The molecule has 6 rings (SSSR count). The molecule has 1 aliphatic heterocycles. The maximum atomic E-state index is 13.8. The molecule has 0 bridgehead atoms. The fourth-order valence-corrected chi connectivity index (χ4v) is 4.58. The lowest BCUT2D eigenvalue weighted by Gasteiger charge is -2.25. The standard InChI is InChI=1S/C30H28F4N2O5/c1-29(38,15-35-28(37)17-4-11-23(40-19-7-8-19)24(12-17)41-20-9-10-20)25-13-21-22(30(32,33)34)14-39-27(21)26(36-25)16-2-5-18(31)6-3-16/h2-6,11-13,19-20,22,38H,7-10,14-15H2,1H3,(H,35,37)/t22-,29?/m1/s1. The molecule has 2 fully saturated rings. The molecular formula is C30H28F4N2O5. The molecule has 2 aliphatic carbocycles. The number of benzene rings is 2. The molecule has 2 atom stereocenters. The van der Waals surface area contributed by atoms with Crippen LogP contribution in [0.15, 0.2) is 48.5 Å². The quantitative estimate of drug-likeness (QED) is 0.323. The lowest BCUT2D eigenvalue weighted by molar-refractivity contribution is -0.151. The summed E-state index contributed by atoms with van der Waals surface area (Å²) in [6.45, 7) is 0.364. The predicted molar refractivity (Wildman–Crippen MR) is 140 cm³/mol. The normalized spacial score (nSPS) is 19.6. The van der Waals surface area contributed by atoms with Gasteiger partial charge in [-0.15, -0.1) is 0 Å². The van der Waals surface area contributed by atoms with Gasteiger partial charge in [-0.2, -0.15) is 13.2 Å². The number of amides is 1. The molecule has 2 heterocycles. The first kappa shape index (κ1) is 27.3. The lowest BCUT2D eigenvalue weighted by atomic mass is 9.93. The second kappa shape index (κ2) is 10.2. The van der Waals surface area contributed by atoms with Gasteiger partial charge < -0.3 is 24.6 Å². The summed E-state index contributed by atoms with van der Waals surface area (Å²) in [7, 11) is 0. The molecule has 2 N–H and O–H groups in total. The maximum Gasteiger partial charge on any atom is 0.399 e. The van der Waals surface area contributed by atoms with E-state index in [9.17, 15) is 27.5 Å². The van der Waals surface area contributed by atoms with Crippen LogP contribution < -0.4 is 19.5 Å². The van der Waals surface area contributed by atoms with Gasteiger partial charge in [0.15, 0.2) is 11.5 Å². The molecule has 2 saturated carbocycles. The van der Waals surface area contributed by atoms with E-state index in [0.717, 1.165) is 43.9 Å². The zero-order valence-electron chi connectivity index (χ0n) is 22.1. The highest BCUT2D eigenvalue weighted by atomic mass is 19.4. The van der Waals surface area contributed by atoms with Crippen molar-refractivity contribution < 1.29 is 41.7 Å².